The first-order valence-electron chi connectivity index (χ1n) is 8.85. The zero-order valence-corrected chi connectivity index (χ0v) is 18.5. The van der Waals surface area contributed by atoms with E-state index in [1.54, 1.807) is 18.2 Å². The summed E-state index contributed by atoms with van der Waals surface area (Å²) >= 11 is 12.8. The van der Waals surface area contributed by atoms with Crippen LogP contribution < -0.4 is 10.6 Å². The molecule has 1 fully saturated rings. The molecule has 2 N–H and O–H groups in total. The van der Waals surface area contributed by atoms with Crippen molar-refractivity contribution in [1.29, 1.82) is 0 Å². The van der Waals surface area contributed by atoms with E-state index in [0.717, 1.165) is 16.7 Å². The molecule has 0 radical (unpaired) electrons. The molecule has 4 amide bonds. The smallest absolute Gasteiger partial charge is 0.293 e. The number of carbonyl (C=O) groups excluding carboxylic acids is 4. The van der Waals surface area contributed by atoms with E-state index in [0.29, 0.717) is 15.6 Å². The quantitative estimate of drug-likeness (QED) is 0.612. The van der Waals surface area contributed by atoms with Crippen molar-refractivity contribution < 1.29 is 19.2 Å². The number of halogens is 2. The Morgan fingerprint density at radius 3 is 2.52 bits per heavy atom. The minimum Gasteiger partial charge on any atom is -0.353 e. The largest absolute Gasteiger partial charge is 0.353 e. The normalized spacial score (nSPS) is 16.5. The first kappa shape index (κ1) is 23.3. The number of nitrogens with zero attached hydrogens (tertiary/aromatic N) is 1. The van der Waals surface area contributed by atoms with Crippen LogP contribution in [0.25, 0.3) is 6.08 Å². The summed E-state index contributed by atoms with van der Waals surface area (Å²) in [5.41, 5.74) is 0.574. The van der Waals surface area contributed by atoms with Gasteiger partial charge in [0.05, 0.1) is 4.91 Å². The second-order valence-electron chi connectivity index (χ2n) is 6.71. The van der Waals surface area contributed by atoms with Crippen molar-refractivity contribution in [3.63, 3.8) is 0 Å². The summed E-state index contributed by atoms with van der Waals surface area (Å²) in [5.74, 6) is -1.24. The third-order valence-electron chi connectivity index (χ3n) is 4.07. The van der Waals surface area contributed by atoms with Crippen molar-refractivity contribution in [2.75, 3.05) is 13.1 Å². The first-order chi connectivity index (χ1) is 13.6. The number of hydrogen-bond acceptors (Lipinski definition) is 5. The summed E-state index contributed by atoms with van der Waals surface area (Å²) in [7, 11) is 0. The molecule has 1 aromatic carbocycles. The maximum atomic E-state index is 12.5. The van der Waals surface area contributed by atoms with Crippen LogP contribution in [0.15, 0.2) is 23.1 Å². The van der Waals surface area contributed by atoms with Gasteiger partial charge in [-0.15, -0.1) is 0 Å². The van der Waals surface area contributed by atoms with Gasteiger partial charge in [0.1, 0.15) is 6.04 Å². The van der Waals surface area contributed by atoms with Gasteiger partial charge in [-0.25, -0.2) is 0 Å². The van der Waals surface area contributed by atoms with Gasteiger partial charge in [0.2, 0.25) is 11.8 Å². The Kier molecular flexibility index (Phi) is 8.13. The molecule has 0 spiro atoms. The van der Waals surface area contributed by atoms with Gasteiger partial charge >= 0.3 is 0 Å². The molecular formula is C19H21Cl2N3O4S. The second kappa shape index (κ2) is 10.1. The van der Waals surface area contributed by atoms with Gasteiger partial charge in [-0.2, -0.15) is 0 Å². The van der Waals surface area contributed by atoms with E-state index >= 15 is 0 Å². The molecule has 1 aromatic rings. The van der Waals surface area contributed by atoms with Crippen molar-refractivity contribution >= 4 is 64.0 Å². The highest BCUT2D eigenvalue weighted by molar-refractivity contribution is 8.18. The lowest BCUT2D eigenvalue weighted by molar-refractivity contribution is -0.129. The molecule has 1 aliphatic heterocycles. The van der Waals surface area contributed by atoms with Crippen LogP contribution in [-0.2, 0) is 14.4 Å². The van der Waals surface area contributed by atoms with Crippen LogP contribution in [0.1, 0.15) is 26.3 Å². The van der Waals surface area contributed by atoms with Crippen molar-refractivity contribution in [1.82, 2.24) is 15.5 Å². The van der Waals surface area contributed by atoms with Gasteiger partial charge in [0, 0.05) is 30.1 Å². The van der Waals surface area contributed by atoms with Crippen LogP contribution in [0.3, 0.4) is 0 Å². The van der Waals surface area contributed by atoms with Crippen LogP contribution in [-0.4, -0.2) is 47.0 Å². The van der Waals surface area contributed by atoms with E-state index in [1.165, 1.54) is 13.0 Å². The van der Waals surface area contributed by atoms with Gasteiger partial charge in [0.25, 0.3) is 11.1 Å². The minimum absolute atomic E-state index is 0.0208. The SMILES string of the molecule is CC(=O)NC(C(=O)NCCN1C(=O)SC(=Cc2ccc(Cl)cc2Cl)C1=O)C(C)C. The minimum atomic E-state index is -0.686. The van der Waals surface area contributed by atoms with Crippen molar-refractivity contribution in [3.05, 3.63) is 38.7 Å². The molecule has 0 aliphatic carbocycles. The first-order valence-corrected chi connectivity index (χ1v) is 10.4. The highest BCUT2D eigenvalue weighted by atomic mass is 35.5. The van der Waals surface area contributed by atoms with Crippen LogP contribution in [0, 0.1) is 5.92 Å². The Labute approximate surface area is 183 Å². The van der Waals surface area contributed by atoms with Crippen LogP contribution in [0.5, 0.6) is 0 Å². The lowest BCUT2D eigenvalue weighted by atomic mass is 10.0. The Hall–Kier alpha value is -2.03. The Morgan fingerprint density at radius 2 is 1.93 bits per heavy atom. The highest BCUT2D eigenvalue weighted by Gasteiger charge is 2.35. The molecule has 7 nitrogen and oxygen atoms in total. The number of carbonyl (C=O) groups is 4. The monoisotopic (exact) mass is 457 g/mol. The number of rotatable bonds is 7. The average Bonchev–Trinajstić information content (AvgIpc) is 2.88. The molecule has 0 saturated carbocycles. The molecule has 10 heteroatoms. The van der Waals surface area contributed by atoms with Gasteiger partial charge in [0.15, 0.2) is 0 Å². The molecule has 1 unspecified atom stereocenters. The third kappa shape index (κ3) is 6.22. The molecule has 1 heterocycles. The molecule has 29 heavy (non-hydrogen) atoms. The predicted molar refractivity (Wildman–Crippen MR) is 115 cm³/mol. The van der Waals surface area contributed by atoms with Crippen molar-refractivity contribution in [3.8, 4) is 0 Å². The van der Waals surface area contributed by atoms with Gasteiger partial charge in [-0.05, 0) is 41.5 Å². The molecular weight excluding hydrogens is 437 g/mol. The van der Waals surface area contributed by atoms with Gasteiger partial charge in [-0.3, -0.25) is 24.1 Å². The predicted octanol–water partition coefficient (Wildman–Crippen LogP) is 3.31. The van der Waals surface area contributed by atoms with Gasteiger partial charge < -0.3 is 10.6 Å². The third-order valence-corrected chi connectivity index (χ3v) is 5.54. The zero-order valence-electron chi connectivity index (χ0n) is 16.1. The summed E-state index contributed by atoms with van der Waals surface area (Å²) in [6.07, 6.45) is 1.54. The summed E-state index contributed by atoms with van der Waals surface area (Å²) in [6.45, 7) is 5.05. The fourth-order valence-electron chi connectivity index (χ4n) is 2.61. The number of hydrogen-bond donors (Lipinski definition) is 2. The fourth-order valence-corrected chi connectivity index (χ4v) is 3.93. The zero-order chi connectivity index (χ0) is 21.7. The molecule has 156 valence electrons. The number of benzene rings is 1. The maximum Gasteiger partial charge on any atom is 0.293 e. The van der Waals surface area contributed by atoms with Crippen LogP contribution in [0.4, 0.5) is 4.79 Å². The maximum absolute atomic E-state index is 12.5. The van der Waals surface area contributed by atoms with E-state index in [-0.39, 0.29) is 35.7 Å². The average molecular weight is 458 g/mol. The van der Waals surface area contributed by atoms with Gasteiger partial charge in [-0.1, -0.05) is 43.1 Å². The number of nitrogens with one attached hydrogen (secondary N) is 2. The Balaban J connectivity index is 1.99. The molecule has 2 rings (SSSR count). The van der Waals surface area contributed by atoms with Crippen molar-refractivity contribution in [2.24, 2.45) is 5.92 Å². The molecule has 1 aliphatic rings. The fraction of sp³-hybridized carbons (Fsp3) is 0.368. The lowest BCUT2D eigenvalue weighted by Gasteiger charge is -2.21. The Morgan fingerprint density at radius 1 is 1.24 bits per heavy atom. The Bertz CT molecular complexity index is 873. The van der Waals surface area contributed by atoms with E-state index in [4.69, 9.17) is 23.2 Å². The standard InChI is InChI=1S/C19H21Cl2N3O4S/c1-10(2)16(23-11(3)25)17(26)22-6-7-24-18(27)15(29-19(24)28)8-12-4-5-13(20)9-14(12)21/h4-5,8-10,16H,6-7H2,1-3H3,(H,22,26)(H,23,25). The number of amides is 4. The summed E-state index contributed by atoms with van der Waals surface area (Å²) < 4.78 is 0. The molecule has 1 saturated heterocycles. The van der Waals surface area contributed by atoms with E-state index in [1.807, 2.05) is 13.8 Å². The van der Waals surface area contributed by atoms with E-state index in [2.05, 4.69) is 10.6 Å². The second-order valence-corrected chi connectivity index (χ2v) is 8.55. The topological polar surface area (TPSA) is 95.6 Å². The molecule has 0 bridgehead atoms. The molecule has 0 aromatic heterocycles. The van der Waals surface area contributed by atoms with Crippen LogP contribution >= 0.6 is 35.0 Å². The number of thioether (sulfide) groups is 1. The summed E-state index contributed by atoms with van der Waals surface area (Å²) in [6, 6.07) is 4.16. The number of imide groups is 1. The molecule has 1 atom stereocenters. The van der Waals surface area contributed by atoms with E-state index < -0.39 is 17.2 Å². The summed E-state index contributed by atoms with van der Waals surface area (Å²) in [5, 5.41) is 5.65. The highest BCUT2D eigenvalue weighted by Crippen LogP contribution is 2.33. The lowest BCUT2D eigenvalue weighted by Crippen LogP contribution is -2.50. The summed E-state index contributed by atoms with van der Waals surface area (Å²) in [4.78, 5) is 49.5. The van der Waals surface area contributed by atoms with E-state index in [9.17, 15) is 19.2 Å². The van der Waals surface area contributed by atoms with Crippen LogP contribution in [0.2, 0.25) is 10.0 Å². The van der Waals surface area contributed by atoms with Crippen molar-refractivity contribution in [2.45, 2.75) is 26.8 Å².